The first-order valence-corrected chi connectivity index (χ1v) is 8.73. The maximum Gasteiger partial charge on any atom is 0.196 e. The third kappa shape index (κ3) is 4.28. The molecule has 2 heterocycles. The van der Waals surface area contributed by atoms with Crippen LogP contribution >= 0.6 is 0 Å². The maximum atomic E-state index is 5.60. The van der Waals surface area contributed by atoms with Crippen LogP contribution in [0.15, 0.2) is 24.5 Å². The molecule has 0 atom stereocenters. The molecule has 2 rings (SSSR count). The first-order valence-electron chi connectivity index (χ1n) is 8.73. The van der Waals surface area contributed by atoms with E-state index >= 15 is 0 Å². The van der Waals surface area contributed by atoms with E-state index in [1.54, 1.807) is 0 Å². The van der Waals surface area contributed by atoms with E-state index in [-0.39, 0.29) is 0 Å². The van der Waals surface area contributed by atoms with Gasteiger partial charge in [-0.25, -0.2) is 0 Å². The number of pyridine rings is 1. The monoisotopic (exact) mass is 307 g/mol. The zero-order valence-corrected chi connectivity index (χ0v) is 15.0. The molecule has 1 saturated heterocycles. The smallest absolute Gasteiger partial charge is 0.196 e. The lowest BCUT2D eigenvalue weighted by atomic mass is 10.1. The van der Waals surface area contributed by atoms with Gasteiger partial charge < -0.3 is 14.7 Å². The van der Waals surface area contributed by atoms with Crippen LogP contribution in [0.5, 0.6) is 0 Å². The third-order valence-electron chi connectivity index (χ3n) is 5.84. The van der Waals surface area contributed by atoms with Gasteiger partial charge in [-0.15, -0.1) is 0 Å². The molecule has 0 unspecified atom stereocenters. The molecule has 1 aromatic heterocycles. The summed E-state index contributed by atoms with van der Waals surface area (Å²) in [6, 6.07) is 5.14. The molecule has 1 aliphatic rings. The fraction of sp³-hybridized carbons (Fsp3) is 0.722. The topological polar surface area (TPSA) is 29.9 Å². The maximum absolute atomic E-state index is 5.60. The number of piperazine rings is 1. The molecule has 22 heavy (non-hydrogen) atoms. The van der Waals surface area contributed by atoms with Gasteiger partial charge in [-0.2, -0.15) is 4.57 Å². The van der Waals surface area contributed by atoms with Crippen LogP contribution in [0.4, 0.5) is 0 Å². The normalized spacial score (nSPS) is 29.0. The van der Waals surface area contributed by atoms with E-state index in [2.05, 4.69) is 57.0 Å². The summed E-state index contributed by atoms with van der Waals surface area (Å²) in [6.07, 6.45) is 5.38. The largest absolute Gasteiger partial charge is 0.330 e. The van der Waals surface area contributed by atoms with Crippen molar-refractivity contribution in [3.8, 4) is 0 Å². The zero-order valence-electron chi connectivity index (χ0n) is 15.0. The average Bonchev–Trinajstić information content (AvgIpc) is 2.50. The van der Waals surface area contributed by atoms with Crippen molar-refractivity contribution >= 4 is 0 Å². The highest BCUT2D eigenvalue weighted by Crippen LogP contribution is 2.18. The quantitative estimate of drug-likeness (QED) is 0.611. The third-order valence-corrected chi connectivity index (χ3v) is 5.84. The van der Waals surface area contributed by atoms with E-state index in [1.165, 1.54) is 47.3 Å². The van der Waals surface area contributed by atoms with Gasteiger partial charge in [0.2, 0.25) is 0 Å². The SMILES string of the molecule is CC(C)[N+]1(C)CC[N+](C)(CC[n+]2ccc(CCN)cc2)CC1. The summed E-state index contributed by atoms with van der Waals surface area (Å²) in [5, 5.41) is 0. The molecule has 0 amide bonds. The van der Waals surface area contributed by atoms with E-state index < -0.39 is 0 Å². The van der Waals surface area contributed by atoms with Crippen molar-refractivity contribution in [2.75, 3.05) is 53.4 Å². The van der Waals surface area contributed by atoms with Crippen molar-refractivity contribution in [3.05, 3.63) is 30.1 Å². The molecule has 0 saturated carbocycles. The predicted molar refractivity (Wildman–Crippen MR) is 91.2 cm³/mol. The van der Waals surface area contributed by atoms with Crippen molar-refractivity contribution in [2.24, 2.45) is 5.73 Å². The Morgan fingerprint density at radius 2 is 1.68 bits per heavy atom. The van der Waals surface area contributed by atoms with Crippen LogP contribution in [-0.4, -0.2) is 68.4 Å². The molecule has 4 nitrogen and oxygen atoms in total. The Morgan fingerprint density at radius 3 is 2.18 bits per heavy atom. The number of nitrogens with zero attached hydrogens (tertiary/aromatic N) is 3. The molecular weight excluding hydrogens is 272 g/mol. The van der Waals surface area contributed by atoms with Gasteiger partial charge in [0.15, 0.2) is 18.9 Å². The fourth-order valence-electron chi connectivity index (χ4n) is 3.23. The summed E-state index contributed by atoms with van der Waals surface area (Å²) in [7, 11) is 4.84. The van der Waals surface area contributed by atoms with Gasteiger partial charge >= 0.3 is 0 Å². The number of aromatic nitrogens is 1. The summed E-state index contributed by atoms with van der Waals surface area (Å²) in [5.41, 5.74) is 6.94. The number of quaternary nitrogens is 2. The molecule has 0 aromatic carbocycles. The van der Waals surface area contributed by atoms with E-state index in [0.29, 0.717) is 0 Å². The molecule has 1 aliphatic heterocycles. The van der Waals surface area contributed by atoms with Gasteiger partial charge in [-0.3, -0.25) is 0 Å². The number of rotatable bonds is 6. The van der Waals surface area contributed by atoms with Crippen LogP contribution in [-0.2, 0) is 13.0 Å². The van der Waals surface area contributed by atoms with Crippen molar-refractivity contribution in [3.63, 3.8) is 0 Å². The summed E-state index contributed by atoms with van der Waals surface area (Å²) >= 11 is 0. The molecule has 0 bridgehead atoms. The van der Waals surface area contributed by atoms with Crippen LogP contribution in [0, 0.1) is 0 Å². The Morgan fingerprint density at radius 1 is 1.09 bits per heavy atom. The number of hydrogen-bond acceptors (Lipinski definition) is 1. The minimum absolute atomic E-state index is 0.728. The van der Waals surface area contributed by atoms with Gasteiger partial charge in [-0.1, -0.05) is 0 Å². The minimum Gasteiger partial charge on any atom is -0.330 e. The number of likely N-dealkylation sites (N-methyl/N-ethyl adjacent to an activating group) is 2. The van der Waals surface area contributed by atoms with Gasteiger partial charge in [0.25, 0.3) is 0 Å². The van der Waals surface area contributed by atoms with Gasteiger partial charge in [0, 0.05) is 12.1 Å². The van der Waals surface area contributed by atoms with Gasteiger partial charge in [0.1, 0.15) is 32.7 Å². The van der Waals surface area contributed by atoms with Crippen molar-refractivity contribution in [2.45, 2.75) is 32.9 Å². The van der Waals surface area contributed by atoms with Crippen LogP contribution in [0.2, 0.25) is 0 Å². The molecule has 0 aliphatic carbocycles. The van der Waals surface area contributed by atoms with E-state index in [1.807, 2.05) is 0 Å². The summed E-state index contributed by atoms with van der Waals surface area (Å²) in [6.45, 7) is 12.9. The number of hydrogen-bond donors (Lipinski definition) is 1. The van der Waals surface area contributed by atoms with Crippen LogP contribution in [0.3, 0.4) is 0 Å². The molecule has 124 valence electrons. The van der Waals surface area contributed by atoms with Gasteiger partial charge in [0.05, 0.1) is 20.1 Å². The van der Waals surface area contributed by atoms with Crippen molar-refractivity contribution in [1.82, 2.24) is 0 Å². The first kappa shape index (κ1) is 17.4. The predicted octanol–water partition coefficient (Wildman–Crippen LogP) is 0.791. The molecule has 1 fully saturated rings. The zero-order chi connectivity index (χ0) is 16.2. The first-order chi connectivity index (χ1) is 10.4. The highest BCUT2D eigenvalue weighted by atomic mass is 15.5. The molecule has 4 heteroatoms. The Balaban J connectivity index is 1.86. The Labute approximate surface area is 136 Å². The van der Waals surface area contributed by atoms with Gasteiger partial charge in [-0.05, 0) is 32.4 Å². The highest BCUT2D eigenvalue weighted by molar-refractivity contribution is 5.07. The number of nitrogens with two attached hydrogens (primary N) is 1. The highest BCUT2D eigenvalue weighted by Gasteiger charge is 2.39. The van der Waals surface area contributed by atoms with Crippen LogP contribution in [0.25, 0.3) is 0 Å². The van der Waals surface area contributed by atoms with Crippen molar-refractivity contribution in [1.29, 1.82) is 0 Å². The van der Waals surface area contributed by atoms with Crippen LogP contribution < -0.4 is 10.3 Å². The fourth-order valence-corrected chi connectivity index (χ4v) is 3.23. The molecule has 0 radical (unpaired) electrons. The minimum atomic E-state index is 0.728. The summed E-state index contributed by atoms with van der Waals surface area (Å²) in [5.74, 6) is 0. The molecule has 0 spiro atoms. The summed E-state index contributed by atoms with van der Waals surface area (Å²) < 4.78 is 4.75. The second-order valence-corrected chi connectivity index (χ2v) is 7.79. The second kappa shape index (κ2) is 7.07. The lowest BCUT2D eigenvalue weighted by Gasteiger charge is -2.48. The van der Waals surface area contributed by atoms with E-state index in [4.69, 9.17) is 5.73 Å². The average molecular weight is 308 g/mol. The molecule has 1 aromatic rings. The van der Waals surface area contributed by atoms with Crippen LogP contribution in [0.1, 0.15) is 19.4 Å². The van der Waals surface area contributed by atoms with E-state index in [9.17, 15) is 0 Å². The Bertz CT molecular complexity index is 458. The Hall–Kier alpha value is -0.970. The van der Waals surface area contributed by atoms with Crippen molar-refractivity contribution < 1.29 is 13.5 Å². The van der Waals surface area contributed by atoms with E-state index in [0.717, 1.165) is 25.6 Å². The molecule has 2 N–H and O–H groups in total. The molecular formula is C18H35N4+3. The lowest BCUT2D eigenvalue weighted by Crippen LogP contribution is -2.67. The Kier molecular flexibility index (Phi) is 5.59. The summed E-state index contributed by atoms with van der Waals surface area (Å²) in [4.78, 5) is 0. The second-order valence-electron chi connectivity index (χ2n) is 7.79. The lowest BCUT2D eigenvalue weighted by molar-refractivity contribution is -1.03. The standard InChI is InChI=1S/C18H35N4/c1-17(2)22(4)15-13-21(3,14-16-22)12-11-20-9-6-18(5-8-19)7-10-20/h6-7,9-10,17H,5,8,11-16,19H2,1-4H3/q+3.